The molecule has 35 heavy (non-hydrogen) atoms. The zero-order valence-corrected chi connectivity index (χ0v) is 22.1. The van der Waals surface area contributed by atoms with E-state index in [0.29, 0.717) is 11.8 Å². The third-order valence-electron chi connectivity index (χ3n) is 7.50. The molecule has 0 radical (unpaired) electrons. The Labute approximate surface area is 209 Å². The number of aryl methyl sites for hydroxylation is 1. The first-order chi connectivity index (χ1) is 16.4. The van der Waals surface area contributed by atoms with E-state index in [1.165, 1.54) is 18.1 Å². The summed E-state index contributed by atoms with van der Waals surface area (Å²) in [5, 5.41) is 32.1. The first-order valence-electron chi connectivity index (χ1n) is 12.8. The number of hydrogen-bond donors (Lipinski definition) is 3. The van der Waals surface area contributed by atoms with Crippen LogP contribution in [0.25, 0.3) is 0 Å². The van der Waals surface area contributed by atoms with Crippen molar-refractivity contribution in [2.45, 2.75) is 117 Å². The predicted octanol–water partition coefficient (Wildman–Crippen LogP) is 4.84. The summed E-state index contributed by atoms with van der Waals surface area (Å²) in [5.41, 5.74) is 4.13. The first kappa shape index (κ1) is 27.5. The highest BCUT2D eigenvalue weighted by Gasteiger charge is 2.47. The van der Waals surface area contributed by atoms with Crippen LogP contribution < -0.4 is 4.74 Å². The van der Waals surface area contributed by atoms with Gasteiger partial charge in [0.2, 0.25) is 6.29 Å². The number of ether oxygens (including phenoxy) is 3. The lowest BCUT2D eigenvalue weighted by atomic mass is 9.70. The third kappa shape index (κ3) is 6.01. The molecule has 8 atom stereocenters. The van der Waals surface area contributed by atoms with Gasteiger partial charge in [-0.3, -0.25) is 4.79 Å². The molecule has 196 valence electrons. The zero-order chi connectivity index (χ0) is 26.0. The summed E-state index contributed by atoms with van der Waals surface area (Å²) < 4.78 is 17.1. The molecular formula is C28H42O7. The van der Waals surface area contributed by atoms with Crippen molar-refractivity contribution < 1.29 is 34.3 Å². The lowest BCUT2D eigenvalue weighted by Crippen LogP contribution is -2.59. The number of carbonyl (C=O) groups is 1. The molecule has 0 amide bonds. The summed E-state index contributed by atoms with van der Waals surface area (Å²) in [5.74, 6) is 0.686. The van der Waals surface area contributed by atoms with Crippen LogP contribution in [-0.2, 0) is 14.3 Å². The van der Waals surface area contributed by atoms with E-state index < -0.39 is 36.7 Å². The number of benzene rings is 1. The van der Waals surface area contributed by atoms with Crippen LogP contribution in [-0.4, -0.2) is 52.0 Å². The normalized spacial score (nSPS) is 31.3. The molecule has 3 rings (SSSR count). The fourth-order valence-corrected chi connectivity index (χ4v) is 5.48. The van der Waals surface area contributed by atoms with Gasteiger partial charge in [0.15, 0.2) is 17.6 Å². The van der Waals surface area contributed by atoms with Crippen LogP contribution in [0.5, 0.6) is 11.5 Å². The van der Waals surface area contributed by atoms with Crippen molar-refractivity contribution in [3.8, 4) is 11.5 Å². The van der Waals surface area contributed by atoms with Gasteiger partial charge in [-0.1, -0.05) is 31.6 Å². The summed E-state index contributed by atoms with van der Waals surface area (Å²) in [7, 11) is 0. The Morgan fingerprint density at radius 1 is 1.20 bits per heavy atom. The van der Waals surface area contributed by atoms with Gasteiger partial charge in [-0.2, -0.15) is 0 Å². The Kier molecular flexibility index (Phi) is 8.89. The van der Waals surface area contributed by atoms with E-state index in [4.69, 9.17) is 14.2 Å². The molecule has 0 unspecified atom stereocenters. The smallest absolute Gasteiger partial charge is 0.303 e. The molecule has 1 fully saturated rings. The molecule has 1 aliphatic carbocycles. The minimum atomic E-state index is -1.38. The molecular weight excluding hydrogens is 448 g/mol. The Morgan fingerprint density at radius 2 is 1.89 bits per heavy atom. The number of phenols is 1. The Hall–Kier alpha value is -2.09. The Balaban J connectivity index is 1.93. The molecule has 3 N–H and O–H groups in total. The van der Waals surface area contributed by atoms with E-state index in [2.05, 4.69) is 39.8 Å². The van der Waals surface area contributed by atoms with Gasteiger partial charge >= 0.3 is 5.97 Å². The first-order valence-corrected chi connectivity index (χ1v) is 12.8. The second-order valence-electron chi connectivity index (χ2n) is 10.7. The van der Waals surface area contributed by atoms with Crippen molar-refractivity contribution in [2.75, 3.05) is 0 Å². The van der Waals surface area contributed by atoms with E-state index in [1.54, 1.807) is 6.92 Å². The van der Waals surface area contributed by atoms with Crippen LogP contribution in [0.15, 0.2) is 17.7 Å². The van der Waals surface area contributed by atoms with Gasteiger partial charge in [-0.05, 0) is 82.3 Å². The van der Waals surface area contributed by atoms with Crippen LogP contribution >= 0.6 is 0 Å². The molecule has 0 aromatic heterocycles. The number of aliphatic hydroxyl groups excluding tert-OH is 2. The number of aliphatic hydroxyl groups is 2. The summed E-state index contributed by atoms with van der Waals surface area (Å²) in [6, 6.07) is 2.10. The molecule has 0 bridgehead atoms. The van der Waals surface area contributed by atoms with Crippen LogP contribution in [0.1, 0.15) is 95.8 Å². The van der Waals surface area contributed by atoms with Gasteiger partial charge in [0, 0.05) is 12.5 Å². The van der Waals surface area contributed by atoms with Gasteiger partial charge in [0.1, 0.15) is 12.2 Å². The van der Waals surface area contributed by atoms with Crippen molar-refractivity contribution in [3.63, 3.8) is 0 Å². The molecule has 0 saturated carbocycles. The monoisotopic (exact) mass is 490 g/mol. The van der Waals surface area contributed by atoms with Crippen LogP contribution in [0.2, 0.25) is 0 Å². The van der Waals surface area contributed by atoms with Crippen LogP contribution in [0.3, 0.4) is 0 Å². The number of aromatic hydroxyl groups is 1. The van der Waals surface area contributed by atoms with Crippen molar-refractivity contribution in [2.24, 2.45) is 5.92 Å². The number of carbonyl (C=O) groups excluding carboxylic acids is 1. The number of rotatable bonds is 7. The maximum Gasteiger partial charge on any atom is 0.303 e. The molecule has 7 heteroatoms. The van der Waals surface area contributed by atoms with Crippen molar-refractivity contribution >= 4 is 5.97 Å². The van der Waals surface area contributed by atoms with Gasteiger partial charge in [0.25, 0.3) is 0 Å². The highest BCUT2D eigenvalue weighted by molar-refractivity contribution is 5.66. The minimum Gasteiger partial charge on any atom is -0.504 e. The molecule has 0 spiro atoms. The van der Waals surface area contributed by atoms with Gasteiger partial charge < -0.3 is 29.5 Å². The van der Waals surface area contributed by atoms with E-state index in [0.717, 1.165) is 36.8 Å². The molecule has 2 aliphatic rings. The Bertz CT molecular complexity index is 936. The molecule has 1 saturated heterocycles. The lowest BCUT2D eigenvalue weighted by molar-refractivity contribution is -0.273. The summed E-state index contributed by atoms with van der Waals surface area (Å²) >= 11 is 0. The van der Waals surface area contributed by atoms with E-state index in [-0.39, 0.29) is 17.4 Å². The molecule has 7 nitrogen and oxygen atoms in total. The maximum absolute atomic E-state index is 11.6. The number of fused-ring (bicyclic) bond motifs is 1. The largest absolute Gasteiger partial charge is 0.504 e. The lowest BCUT2D eigenvalue weighted by Gasteiger charge is -2.41. The highest BCUT2D eigenvalue weighted by atomic mass is 16.7. The van der Waals surface area contributed by atoms with Gasteiger partial charge in [0.05, 0.1) is 6.10 Å². The number of phenolic OH excluding ortho intramolecular Hbond substituents is 1. The minimum absolute atomic E-state index is 0.0761. The fraction of sp³-hybridized carbons (Fsp3) is 0.679. The number of allylic oxidation sites excluding steroid dienone is 2. The second-order valence-corrected chi connectivity index (χ2v) is 10.7. The van der Waals surface area contributed by atoms with E-state index in [9.17, 15) is 20.1 Å². The summed E-state index contributed by atoms with van der Waals surface area (Å²) in [6.45, 7) is 13.3. The average molecular weight is 491 g/mol. The number of esters is 1. The van der Waals surface area contributed by atoms with E-state index in [1.807, 2.05) is 6.92 Å². The topological polar surface area (TPSA) is 105 Å². The second kappa shape index (κ2) is 11.3. The molecule has 1 aromatic carbocycles. The zero-order valence-electron chi connectivity index (χ0n) is 22.1. The summed E-state index contributed by atoms with van der Waals surface area (Å²) in [4.78, 5) is 11.6. The van der Waals surface area contributed by atoms with Crippen LogP contribution in [0.4, 0.5) is 0 Å². The Morgan fingerprint density at radius 3 is 2.51 bits per heavy atom. The SMILES string of the molecule is CC(=O)O[C@H]1[C@H](Oc2c(C)cc3c(c2O)[C@@H](C)CC[C@@H]3[C@@H](C)CCC=C(C)C)O[C@@H](C)[C@@H](O)[C@@H]1O. The predicted molar refractivity (Wildman–Crippen MR) is 134 cm³/mol. The standard InChI is InChI=1S/C28H42O7/c1-14(2)9-8-10-15(3)20-12-11-16(4)22-21(20)13-17(5)26(24(22)31)35-28-27(34-19(7)29)25(32)23(30)18(6)33-28/h9,13,15-16,18,20,23,25,27-28,30-32H,8,10-12H2,1-7H3/t15-,16-,18-,20+,23+,25-,27+,28-/m0/s1. The number of hydrogen-bond acceptors (Lipinski definition) is 7. The highest BCUT2D eigenvalue weighted by Crippen LogP contribution is 2.51. The van der Waals surface area contributed by atoms with E-state index >= 15 is 0 Å². The maximum atomic E-state index is 11.6. The van der Waals surface area contributed by atoms with Crippen LogP contribution in [0, 0.1) is 12.8 Å². The molecule has 1 heterocycles. The fourth-order valence-electron chi connectivity index (χ4n) is 5.48. The van der Waals surface area contributed by atoms with Gasteiger partial charge in [-0.25, -0.2) is 0 Å². The quantitative estimate of drug-likeness (QED) is 0.371. The van der Waals surface area contributed by atoms with Crippen molar-refractivity contribution in [3.05, 3.63) is 34.4 Å². The molecule has 1 aromatic rings. The van der Waals surface area contributed by atoms with Crippen molar-refractivity contribution in [1.82, 2.24) is 0 Å². The van der Waals surface area contributed by atoms with Gasteiger partial charge in [-0.15, -0.1) is 0 Å². The average Bonchev–Trinajstić information content (AvgIpc) is 2.76. The summed E-state index contributed by atoms with van der Waals surface area (Å²) in [6.07, 6.45) is 0.694. The van der Waals surface area contributed by atoms with Crippen molar-refractivity contribution in [1.29, 1.82) is 0 Å². The molecule has 1 aliphatic heterocycles. The third-order valence-corrected chi connectivity index (χ3v) is 7.50.